The number of carbonyl (C=O) groups excluding carboxylic acids is 1. The number of hydrogen-bond donors (Lipinski definition) is 2. The maximum atomic E-state index is 12.0. The van der Waals surface area contributed by atoms with E-state index in [4.69, 9.17) is 9.47 Å². The molecule has 0 aliphatic carbocycles. The summed E-state index contributed by atoms with van der Waals surface area (Å²) in [5, 5.41) is 15.8. The summed E-state index contributed by atoms with van der Waals surface area (Å²) in [5.74, 6) is 0.744. The molecule has 0 radical (unpaired) electrons. The highest BCUT2D eigenvalue weighted by Crippen LogP contribution is 2.26. The van der Waals surface area contributed by atoms with Crippen molar-refractivity contribution < 1.29 is 19.4 Å². The Morgan fingerprint density at radius 1 is 1.04 bits per heavy atom. The molecule has 0 spiro atoms. The molecule has 0 aliphatic rings. The SMILES string of the molecule is CCOc1ccccc1OCC(=O)NN=Cc1c(O)ccc2ccccc12. The number of amides is 1. The third-order valence-electron chi connectivity index (χ3n) is 3.84. The number of hydrogen-bond acceptors (Lipinski definition) is 5. The van der Waals surface area contributed by atoms with E-state index < -0.39 is 5.91 Å². The molecule has 3 aromatic rings. The molecule has 0 saturated carbocycles. The van der Waals surface area contributed by atoms with Crippen molar-refractivity contribution in [1.29, 1.82) is 0 Å². The number of nitrogens with one attached hydrogen (secondary N) is 1. The third-order valence-corrected chi connectivity index (χ3v) is 3.84. The summed E-state index contributed by atoms with van der Waals surface area (Å²) >= 11 is 0. The number of fused-ring (bicyclic) bond motifs is 1. The minimum atomic E-state index is -0.419. The van der Waals surface area contributed by atoms with E-state index in [1.807, 2.05) is 43.3 Å². The monoisotopic (exact) mass is 364 g/mol. The summed E-state index contributed by atoms with van der Waals surface area (Å²) < 4.78 is 10.9. The van der Waals surface area contributed by atoms with Gasteiger partial charge in [-0.1, -0.05) is 42.5 Å². The molecule has 2 N–H and O–H groups in total. The zero-order chi connectivity index (χ0) is 19.1. The average Bonchev–Trinajstić information content (AvgIpc) is 2.69. The van der Waals surface area contributed by atoms with Crippen molar-refractivity contribution >= 4 is 22.9 Å². The smallest absolute Gasteiger partial charge is 0.277 e. The van der Waals surface area contributed by atoms with Crippen molar-refractivity contribution in [3.05, 3.63) is 66.2 Å². The number of carbonyl (C=O) groups is 1. The lowest BCUT2D eigenvalue weighted by Gasteiger charge is -2.10. The van der Waals surface area contributed by atoms with Crippen LogP contribution in [0.4, 0.5) is 0 Å². The number of nitrogens with zero attached hydrogens (tertiary/aromatic N) is 1. The van der Waals surface area contributed by atoms with E-state index in [0.717, 1.165) is 10.8 Å². The number of aromatic hydroxyl groups is 1. The van der Waals surface area contributed by atoms with Crippen LogP contribution >= 0.6 is 0 Å². The molecule has 0 heterocycles. The molecule has 27 heavy (non-hydrogen) atoms. The summed E-state index contributed by atoms with van der Waals surface area (Å²) in [6.45, 7) is 2.18. The van der Waals surface area contributed by atoms with Crippen LogP contribution < -0.4 is 14.9 Å². The number of para-hydroxylation sites is 2. The molecule has 0 aromatic heterocycles. The van der Waals surface area contributed by atoms with Gasteiger partial charge in [-0.05, 0) is 35.9 Å². The Bertz CT molecular complexity index is 969. The van der Waals surface area contributed by atoms with Gasteiger partial charge < -0.3 is 14.6 Å². The minimum absolute atomic E-state index is 0.0913. The van der Waals surface area contributed by atoms with E-state index in [9.17, 15) is 9.90 Å². The number of phenolic OH excluding ortho intramolecular Hbond substituents is 1. The van der Waals surface area contributed by atoms with Crippen LogP contribution in [0.25, 0.3) is 10.8 Å². The van der Waals surface area contributed by atoms with E-state index in [1.165, 1.54) is 6.21 Å². The summed E-state index contributed by atoms with van der Waals surface area (Å²) in [4.78, 5) is 12.0. The van der Waals surface area contributed by atoms with Gasteiger partial charge in [0.2, 0.25) is 0 Å². The van der Waals surface area contributed by atoms with Gasteiger partial charge in [-0.2, -0.15) is 5.10 Å². The fourth-order valence-corrected chi connectivity index (χ4v) is 2.61. The standard InChI is InChI=1S/C21H20N2O4/c1-2-26-19-9-5-6-10-20(19)27-14-21(25)23-22-13-17-16-8-4-3-7-15(16)11-12-18(17)24/h3-13,24H,2,14H2,1H3,(H,23,25). The van der Waals surface area contributed by atoms with Crippen molar-refractivity contribution in [3.63, 3.8) is 0 Å². The van der Waals surface area contributed by atoms with Crippen LogP contribution in [-0.4, -0.2) is 30.4 Å². The largest absolute Gasteiger partial charge is 0.507 e. The first-order valence-corrected chi connectivity index (χ1v) is 8.56. The molecule has 1 amide bonds. The van der Waals surface area contributed by atoms with Crippen molar-refractivity contribution in [3.8, 4) is 17.2 Å². The van der Waals surface area contributed by atoms with Gasteiger partial charge in [0.25, 0.3) is 5.91 Å². The first-order chi connectivity index (χ1) is 13.2. The van der Waals surface area contributed by atoms with Gasteiger partial charge in [0.05, 0.1) is 12.8 Å². The fourth-order valence-electron chi connectivity index (χ4n) is 2.61. The topological polar surface area (TPSA) is 80.2 Å². The van der Waals surface area contributed by atoms with Crippen LogP contribution in [0.5, 0.6) is 17.2 Å². The van der Waals surface area contributed by atoms with Gasteiger partial charge in [0.1, 0.15) is 5.75 Å². The molecule has 0 aliphatic heterocycles. The van der Waals surface area contributed by atoms with Gasteiger partial charge in [-0.15, -0.1) is 0 Å². The number of hydrazone groups is 1. The zero-order valence-electron chi connectivity index (χ0n) is 14.9. The maximum Gasteiger partial charge on any atom is 0.277 e. The number of ether oxygens (including phenoxy) is 2. The molecular weight excluding hydrogens is 344 g/mol. The van der Waals surface area contributed by atoms with Gasteiger partial charge in [-0.25, -0.2) is 5.43 Å². The summed E-state index contributed by atoms with van der Waals surface area (Å²) in [6.07, 6.45) is 1.42. The fraction of sp³-hybridized carbons (Fsp3) is 0.143. The molecule has 3 rings (SSSR count). The van der Waals surface area contributed by atoms with E-state index >= 15 is 0 Å². The summed E-state index contributed by atoms with van der Waals surface area (Å²) in [7, 11) is 0. The maximum absolute atomic E-state index is 12.0. The Hall–Kier alpha value is -3.54. The van der Waals surface area contributed by atoms with E-state index in [2.05, 4.69) is 10.5 Å². The quantitative estimate of drug-likeness (QED) is 0.497. The molecule has 6 nitrogen and oxygen atoms in total. The molecule has 0 fully saturated rings. The molecule has 6 heteroatoms. The minimum Gasteiger partial charge on any atom is -0.507 e. The molecule has 0 atom stereocenters. The molecule has 0 saturated heterocycles. The van der Waals surface area contributed by atoms with Crippen LogP contribution in [-0.2, 0) is 4.79 Å². The second-order valence-electron chi connectivity index (χ2n) is 5.68. The van der Waals surface area contributed by atoms with Crippen LogP contribution in [0.2, 0.25) is 0 Å². The Labute approximate surface area is 157 Å². The van der Waals surface area contributed by atoms with Crippen molar-refractivity contribution in [2.75, 3.05) is 13.2 Å². The van der Waals surface area contributed by atoms with Gasteiger partial charge >= 0.3 is 0 Å². The second kappa shape index (κ2) is 8.71. The Morgan fingerprint density at radius 2 is 1.74 bits per heavy atom. The van der Waals surface area contributed by atoms with Gasteiger partial charge in [-0.3, -0.25) is 4.79 Å². The first-order valence-electron chi connectivity index (χ1n) is 8.56. The average molecular weight is 364 g/mol. The van der Waals surface area contributed by atoms with E-state index in [-0.39, 0.29) is 12.4 Å². The predicted octanol–water partition coefficient (Wildman–Crippen LogP) is 3.47. The Balaban J connectivity index is 1.62. The van der Waals surface area contributed by atoms with E-state index in [0.29, 0.717) is 23.7 Å². The molecule has 3 aromatic carbocycles. The summed E-state index contributed by atoms with van der Waals surface area (Å²) in [6, 6.07) is 18.2. The zero-order valence-corrected chi connectivity index (χ0v) is 14.9. The summed E-state index contributed by atoms with van der Waals surface area (Å²) in [5.41, 5.74) is 2.94. The van der Waals surface area contributed by atoms with Crippen LogP contribution in [0.3, 0.4) is 0 Å². The van der Waals surface area contributed by atoms with Gasteiger partial charge in [0.15, 0.2) is 18.1 Å². The third kappa shape index (κ3) is 4.55. The van der Waals surface area contributed by atoms with Crippen molar-refractivity contribution in [1.82, 2.24) is 5.43 Å². The predicted molar refractivity (Wildman–Crippen MR) is 104 cm³/mol. The number of phenols is 1. The highest BCUT2D eigenvalue weighted by atomic mass is 16.5. The van der Waals surface area contributed by atoms with Crippen LogP contribution in [0.1, 0.15) is 12.5 Å². The van der Waals surface area contributed by atoms with E-state index in [1.54, 1.807) is 24.3 Å². The van der Waals surface area contributed by atoms with Gasteiger partial charge in [0, 0.05) is 5.56 Å². The lowest BCUT2D eigenvalue weighted by molar-refractivity contribution is -0.123. The van der Waals surface area contributed by atoms with Crippen molar-refractivity contribution in [2.45, 2.75) is 6.92 Å². The molecule has 0 bridgehead atoms. The van der Waals surface area contributed by atoms with Crippen LogP contribution in [0, 0.1) is 0 Å². The normalized spacial score (nSPS) is 10.9. The highest BCUT2D eigenvalue weighted by Gasteiger charge is 2.07. The molecule has 0 unspecified atom stereocenters. The number of rotatable bonds is 7. The highest BCUT2D eigenvalue weighted by molar-refractivity contribution is 6.02. The Kier molecular flexibility index (Phi) is 5.89. The van der Waals surface area contributed by atoms with Crippen LogP contribution in [0.15, 0.2) is 65.8 Å². The second-order valence-corrected chi connectivity index (χ2v) is 5.68. The first kappa shape index (κ1) is 18.3. The molecular formula is C21H20N2O4. The lowest BCUT2D eigenvalue weighted by atomic mass is 10.0. The lowest BCUT2D eigenvalue weighted by Crippen LogP contribution is -2.24. The Morgan fingerprint density at radius 3 is 2.52 bits per heavy atom. The molecule has 138 valence electrons. The van der Waals surface area contributed by atoms with Crippen molar-refractivity contribution in [2.24, 2.45) is 5.10 Å². The number of benzene rings is 3.